The molecule has 0 saturated carbocycles. The van der Waals surface area contributed by atoms with E-state index in [1.165, 1.54) is 0 Å². The molecule has 1 aromatic rings. The second-order valence-corrected chi connectivity index (χ2v) is 4.94. The molecule has 1 N–H and O–H groups in total. The number of hydrogen-bond donors (Lipinski definition) is 1. The minimum atomic E-state index is -0.0213. The Hall–Kier alpha value is -1.66. The highest BCUT2D eigenvalue weighted by Crippen LogP contribution is 2.38. The molecule has 0 aliphatic carbocycles. The average molecular weight is 331 g/mol. The van der Waals surface area contributed by atoms with Gasteiger partial charge >= 0.3 is 0 Å². The van der Waals surface area contributed by atoms with Crippen LogP contribution in [-0.4, -0.2) is 58.3 Å². The van der Waals surface area contributed by atoms with Crippen LogP contribution in [-0.2, 0) is 0 Å². The van der Waals surface area contributed by atoms with Crippen molar-refractivity contribution < 1.29 is 19.0 Å². The highest BCUT2D eigenvalue weighted by atomic mass is 35.5. The minimum Gasteiger partial charge on any atom is -0.493 e. The first kappa shape index (κ1) is 18.4. The Bertz CT molecular complexity index is 499. The molecular weight excluding hydrogens is 308 g/mol. The maximum atomic E-state index is 12.6. The molecule has 1 unspecified atom stereocenters. The van der Waals surface area contributed by atoms with Crippen molar-refractivity contribution in [3.8, 4) is 17.2 Å². The first-order valence-electron chi connectivity index (χ1n) is 6.91. The van der Waals surface area contributed by atoms with Crippen LogP contribution in [0.4, 0.5) is 0 Å². The molecule has 1 atom stereocenters. The Labute approximate surface area is 137 Å². The van der Waals surface area contributed by atoms with E-state index in [0.29, 0.717) is 35.4 Å². The van der Waals surface area contributed by atoms with E-state index in [1.54, 1.807) is 33.5 Å². The van der Waals surface area contributed by atoms with Crippen molar-refractivity contribution in [2.75, 3.05) is 41.5 Å². The number of carbonyl (C=O) groups excluding carboxylic acids is 1. The zero-order valence-electron chi connectivity index (χ0n) is 13.3. The monoisotopic (exact) mass is 330 g/mol. The van der Waals surface area contributed by atoms with Gasteiger partial charge in [0.2, 0.25) is 5.75 Å². The van der Waals surface area contributed by atoms with Crippen LogP contribution in [0.2, 0.25) is 0 Å². The lowest BCUT2D eigenvalue weighted by atomic mass is 10.1. The van der Waals surface area contributed by atoms with Crippen LogP contribution in [0.1, 0.15) is 16.8 Å². The number of amides is 1. The molecule has 6 nitrogen and oxygen atoms in total. The van der Waals surface area contributed by atoms with E-state index in [0.717, 1.165) is 13.0 Å². The van der Waals surface area contributed by atoms with Crippen molar-refractivity contribution in [3.63, 3.8) is 0 Å². The van der Waals surface area contributed by atoms with Crippen LogP contribution in [0.3, 0.4) is 0 Å². The minimum absolute atomic E-state index is 0. The number of hydrogen-bond acceptors (Lipinski definition) is 5. The Morgan fingerprint density at radius 2 is 1.77 bits per heavy atom. The zero-order chi connectivity index (χ0) is 15.4. The largest absolute Gasteiger partial charge is 0.493 e. The highest BCUT2D eigenvalue weighted by Gasteiger charge is 2.27. The van der Waals surface area contributed by atoms with Gasteiger partial charge in [0.1, 0.15) is 0 Å². The predicted octanol–water partition coefficient (Wildman–Crippen LogP) is 1.57. The van der Waals surface area contributed by atoms with Crippen molar-refractivity contribution in [1.82, 2.24) is 10.2 Å². The van der Waals surface area contributed by atoms with Gasteiger partial charge in [-0.2, -0.15) is 0 Å². The topological polar surface area (TPSA) is 60.0 Å². The molecule has 0 spiro atoms. The summed E-state index contributed by atoms with van der Waals surface area (Å²) in [6.07, 6.45) is 0.965. The SMILES string of the molecule is CNC1CCN(C(=O)c2cc(OC)c(OC)c(OC)c2)C1.Cl. The number of rotatable bonds is 5. The van der Waals surface area contributed by atoms with E-state index >= 15 is 0 Å². The van der Waals surface area contributed by atoms with Crippen molar-refractivity contribution >= 4 is 18.3 Å². The van der Waals surface area contributed by atoms with Gasteiger partial charge in [0.15, 0.2) is 11.5 Å². The van der Waals surface area contributed by atoms with Gasteiger partial charge in [-0.25, -0.2) is 0 Å². The zero-order valence-corrected chi connectivity index (χ0v) is 14.2. The molecule has 7 heteroatoms. The fourth-order valence-corrected chi connectivity index (χ4v) is 2.57. The molecule has 0 radical (unpaired) electrons. The number of methoxy groups -OCH3 is 3. The number of nitrogens with one attached hydrogen (secondary N) is 1. The first-order valence-corrected chi connectivity index (χ1v) is 6.91. The van der Waals surface area contributed by atoms with Gasteiger partial charge in [-0.05, 0) is 25.6 Å². The molecule has 1 saturated heterocycles. The maximum absolute atomic E-state index is 12.6. The maximum Gasteiger partial charge on any atom is 0.254 e. The summed E-state index contributed by atoms with van der Waals surface area (Å²) in [6, 6.07) is 3.74. The van der Waals surface area contributed by atoms with Crippen LogP contribution >= 0.6 is 12.4 Å². The smallest absolute Gasteiger partial charge is 0.254 e. The molecule has 1 aliphatic heterocycles. The predicted molar refractivity (Wildman–Crippen MR) is 86.7 cm³/mol. The quantitative estimate of drug-likeness (QED) is 0.888. The molecular formula is C15H23ClN2O4. The standard InChI is InChI=1S/C15H22N2O4.ClH/c1-16-11-5-6-17(9-11)15(18)10-7-12(19-2)14(21-4)13(8-10)20-3;/h7-8,11,16H,5-6,9H2,1-4H3;1H. The normalized spacial score (nSPS) is 16.9. The van der Waals surface area contributed by atoms with Crippen LogP contribution in [0.25, 0.3) is 0 Å². The number of halogens is 1. The molecule has 1 aromatic carbocycles. The lowest BCUT2D eigenvalue weighted by molar-refractivity contribution is 0.0789. The van der Waals surface area contributed by atoms with Gasteiger partial charge in [-0.15, -0.1) is 12.4 Å². The van der Waals surface area contributed by atoms with Gasteiger partial charge < -0.3 is 24.4 Å². The molecule has 0 bridgehead atoms. The van der Waals surface area contributed by atoms with Gasteiger partial charge in [-0.1, -0.05) is 0 Å². The van der Waals surface area contributed by atoms with E-state index in [9.17, 15) is 4.79 Å². The summed E-state index contributed by atoms with van der Waals surface area (Å²) in [5.74, 6) is 1.45. The molecule has 124 valence electrons. The molecule has 1 heterocycles. The highest BCUT2D eigenvalue weighted by molar-refractivity contribution is 5.95. The van der Waals surface area contributed by atoms with Crippen LogP contribution < -0.4 is 19.5 Å². The number of likely N-dealkylation sites (tertiary alicyclic amines) is 1. The number of benzene rings is 1. The summed E-state index contributed by atoms with van der Waals surface area (Å²) < 4.78 is 15.8. The molecule has 0 aromatic heterocycles. The summed E-state index contributed by atoms with van der Waals surface area (Å²) in [5, 5.41) is 3.20. The lowest BCUT2D eigenvalue weighted by Gasteiger charge is -2.19. The van der Waals surface area contributed by atoms with E-state index in [-0.39, 0.29) is 18.3 Å². The van der Waals surface area contributed by atoms with Crippen LogP contribution in [0.15, 0.2) is 12.1 Å². The number of nitrogens with zero attached hydrogens (tertiary/aromatic N) is 1. The third kappa shape index (κ3) is 3.56. The van der Waals surface area contributed by atoms with Crippen LogP contribution in [0.5, 0.6) is 17.2 Å². The molecule has 2 rings (SSSR count). The van der Waals surface area contributed by atoms with Gasteiger partial charge in [0.05, 0.1) is 21.3 Å². The number of likely N-dealkylation sites (N-methyl/N-ethyl adjacent to an activating group) is 1. The Kier molecular flexibility index (Phi) is 6.77. The van der Waals surface area contributed by atoms with E-state index in [4.69, 9.17) is 14.2 Å². The number of carbonyl (C=O) groups is 1. The molecule has 1 fully saturated rings. The van der Waals surface area contributed by atoms with E-state index < -0.39 is 0 Å². The number of ether oxygens (including phenoxy) is 3. The Balaban J connectivity index is 0.00000242. The first-order chi connectivity index (χ1) is 10.1. The van der Waals surface area contributed by atoms with Crippen LogP contribution in [0, 0.1) is 0 Å². The second-order valence-electron chi connectivity index (χ2n) is 4.94. The van der Waals surface area contributed by atoms with Crippen molar-refractivity contribution in [2.24, 2.45) is 0 Å². The average Bonchev–Trinajstić information content (AvgIpc) is 3.01. The summed E-state index contributed by atoms with van der Waals surface area (Å²) in [5.41, 5.74) is 0.543. The molecule has 1 aliphatic rings. The summed E-state index contributed by atoms with van der Waals surface area (Å²) in [4.78, 5) is 14.4. The van der Waals surface area contributed by atoms with Gasteiger partial charge in [0, 0.05) is 24.7 Å². The van der Waals surface area contributed by atoms with Gasteiger partial charge in [-0.3, -0.25) is 4.79 Å². The van der Waals surface area contributed by atoms with Crippen molar-refractivity contribution in [2.45, 2.75) is 12.5 Å². The van der Waals surface area contributed by atoms with Crippen molar-refractivity contribution in [1.29, 1.82) is 0 Å². The second kappa shape index (κ2) is 8.10. The lowest BCUT2D eigenvalue weighted by Crippen LogP contribution is -2.33. The fourth-order valence-electron chi connectivity index (χ4n) is 2.57. The molecule has 1 amide bonds. The summed E-state index contributed by atoms with van der Waals surface area (Å²) in [7, 11) is 6.54. The Morgan fingerprint density at radius 3 is 2.18 bits per heavy atom. The Morgan fingerprint density at radius 1 is 1.18 bits per heavy atom. The third-order valence-electron chi connectivity index (χ3n) is 3.80. The van der Waals surface area contributed by atoms with Crippen molar-refractivity contribution in [3.05, 3.63) is 17.7 Å². The van der Waals surface area contributed by atoms with E-state index in [2.05, 4.69) is 5.32 Å². The fraction of sp³-hybridized carbons (Fsp3) is 0.533. The van der Waals surface area contributed by atoms with E-state index in [1.807, 2.05) is 11.9 Å². The summed E-state index contributed by atoms with van der Waals surface area (Å²) in [6.45, 7) is 1.47. The molecule has 22 heavy (non-hydrogen) atoms. The van der Waals surface area contributed by atoms with Gasteiger partial charge in [0.25, 0.3) is 5.91 Å². The summed E-state index contributed by atoms with van der Waals surface area (Å²) >= 11 is 0. The third-order valence-corrected chi connectivity index (χ3v) is 3.80.